The van der Waals surface area contributed by atoms with Gasteiger partial charge < -0.3 is 0 Å². The van der Waals surface area contributed by atoms with Gasteiger partial charge in [0.25, 0.3) is 0 Å². The van der Waals surface area contributed by atoms with Gasteiger partial charge >= 0.3 is 0 Å². The molecule has 0 radical (unpaired) electrons. The van der Waals surface area contributed by atoms with E-state index in [1.165, 1.54) is 18.3 Å². The molecule has 0 saturated heterocycles. The van der Waals surface area contributed by atoms with Crippen LogP contribution in [-0.4, -0.2) is 12.8 Å². The average molecular weight is 197 g/mol. The minimum Gasteiger partial charge on any atom is -0.293 e. The summed E-state index contributed by atoms with van der Waals surface area (Å²) in [6, 6.07) is 3.81. The van der Waals surface area contributed by atoms with Gasteiger partial charge in [-0.05, 0) is 25.3 Å². The van der Waals surface area contributed by atoms with Gasteiger partial charge in [-0.15, -0.1) is 11.3 Å². The van der Waals surface area contributed by atoms with Gasteiger partial charge in [-0.3, -0.25) is 4.99 Å². The lowest BCUT2D eigenvalue weighted by Crippen LogP contribution is -1.96. The largest absolute Gasteiger partial charge is 0.293 e. The molecule has 0 aromatic carbocycles. The first-order valence-corrected chi connectivity index (χ1v) is 4.88. The Balaban J connectivity index is 3.18. The van der Waals surface area contributed by atoms with Gasteiger partial charge in [0.05, 0.1) is 0 Å². The summed E-state index contributed by atoms with van der Waals surface area (Å²) in [5.41, 5.74) is 1.36. The Morgan fingerprint density at radius 3 is 2.54 bits per heavy atom. The lowest BCUT2D eigenvalue weighted by Gasteiger charge is -2.03. The molecule has 0 unspecified atom stereocenters. The van der Waals surface area contributed by atoms with E-state index in [1.807, 2.05) is 24.4 Å². The van der Waals surface area contributed by atoms with Crippen molar-refractivity contribution in [2.75, 3.05) is 7.05 Å². The molecule has 0 amide bonds. The third-order valence-electron chi connectivity index (χ3n) is 1.81. The fourth-order valence-electron chi connectivity index (χ4n) is 1.13. The molecule has 1 heterocycles. The fourth-order valence-corrected chi connectivity index (χ4v) is 2.00. The Hall–Kier alpha value is -0.960. The van der Waals surface area contributed by atoms with E-state index >= 15 is 0 Å². The van der Waals surface area contributed by atoms with Crippen LogP contribution in [0.15, 0.2) is 28.3 Å². The minimum atomic E-state index is -0.175. The van der Waals surface area contributed by atoms with Crippen molar-refractivity contribution in [1.29, 1.82) is 0 Å². The summed E-state index contributed by atoms with van der Waals surface area (Å²) in [5.74, 6) is -0.175. The van der Waals surface area contributed by atoms with E-state index in [-0.39, 0.29) is 5.83 Å². The van der Waals surface area contributed by atoms with Crippen molar-refractivity contribution in [3.63, 3.8) is 0 Å². The quantitative estimate of drug-likeness (QED) is 0.643. The van der Waals surface area contributed by atoms with Gasteiger partial charge in [-0.2, -0.15) is 0 Å². The van der Waals surface area contributed by atoms with Crippen LogP contribution in [0.5, 0.6) is 0 Å². The highest BCUT2D eigenvalue weighted by Crippen LogP contribution is 2.25. The van der Waals surface area contributed by atoms with Crippen LogP contribution in [-0.2, 0) is 0 Å². The number of aliphatic imine (C=N–C) groups is 1. The number of rotatable bonds is 2. The predicted octanol–water partition coefficient (Wildman–Crippen LogP) is 3.54. The molecule has 70 valence electrons. The first-order chi connectivity index (χ1) is 6.16. The topological polar surface area (TPSA) is 12.4 Å². The van der Waals surface area contributed by atoms with Crippen LogP contribution in [0.4, 0.5) is 4.39 Å². The van der Waals surface area contributed by atoms with Crippen molar-refractivity contribution in [2.24, 2.45) is 4.99 Å². The monoisotopic (exact) mass is 197 g/mol. The molecule has 0 spiro atoms. The van der Waals surface area contributed by atoms with Crippen LogP contribution in [0, 0.1) is 0 Å². The van der Waals surface area contributed by atoms with E-state index in [2.05, 4.69) is 4.99 Å². The Kier molecular flexibility index (Phi) is 3.37. The number of hydrogen-bond acceptors (Lipinski definition) is 2. The van der Waals surface area contributed by atoms with Crippen LogP contribution in [0.3, 0.4) is 0 Å². The van der Waals surface area contributed by atoms with Crippen LogP contribution in [0.2, 0.25) is 0 Å². The molecule has 0 aliphatic rings. The molecule has 1 aromatic heterocycles. The van der Waals surface area contributed by atoms with Crippen molar-refractivity contribution in [3.8, 4) is 0 Å². The third-order valence-corrected chi connectivity index (χ3v) is 2.70. The van der Waals surface area contributed by atoms with Gasteiger partial charge in [0.1, 0.15) is 5.83 Å². The molecule has 0 saturated carbocycles. The van der Waals surface area contributed by atoms with Gasteiger partial charge in [0, 0.05) is 23.2 Å². The molecule has 1 rings (SSSR count). The summed E-state index contributed by atoms with van der Waals surface area (Å²) in [5, 5.41) is 1.93. The Bertz CT molecular complexity index is 332. The van der Waals surface area contributed by atoms with E-state index in [1.54, 1.807) is 7.05 Å². The highest BCUT2D eigenvalue weighted by molar-refractivity contribution is 7.11. The standard InChI is InChI=1S/C10H12FNS/c1-7(11)10(8(2)12-3)9-5-4-6-13-9/h4-6H,1-3H3. The van der Waals surface area contributed by atoms with Crippen molar-refractivity contribution < 1.29 is 4.39 Å². The number of hydrogen-bond donors (Lipinski definition) is 0. The highest BCUT2D eigenvalue weighted by Gasteiger charge is 2.09. The van der Waals surface area contributed by atoms with Crippen molar-refractivity contribution in [2.45, 2.75) is 13.8 Å². The molecular formula is C10H12FNS. The number of nitrogens with zero attached hydrogens (tertiary/aromatic N) is 1. The Labute approximate surface area is 81.6 Å². The molecule has 13 heavy (non-hydrogen) atoms. The van der Waals surface area contributed by atoms with Crippen molar-refractivity contribution in [1.82, 2.24) is 0 Å². The van der Waals surface area contributed by atoms with Gasteiger partial charge in [0.15, 0.2) is 0 Å². The van der Waals surface area contributed by atoms with Crippen LogP contribution >= 0.6 is 11.3 Å². The lowest BCUT2D eigenvalue weighted by molar-refractivity contribution is 0.646. The second-order valence-electron chi connectivity index (χ2n) is 2.69. The maximum Gasteiger partial charge on any atom is 0.107 e. The van der Waals surface area contributed by atoms with Crippen LogP contribution in [0.1, 0.15) is 18.7 Å². The molecule has 0 N–H and O–H groups in total. The lowest BCUT2D eigenvalue weighted by atomic mass is 10.1. The Morgan fingerprint density at radius 2 is 2.15 bits per heavy atom. The second-order valence-corrected chi connectivity index (χ2v) is 3.64. The SMILES string of the molecule is CN=C(C)C(=C(C)F)c1cccs1. The zero-order valence-electron chi connectivity index (χ0n) is 7.97. The van der Waals surface area contributed by atoms with E-state index in [9.17, 15) is 4.39 Å². The zero-order valence-corrected chi connectivity index (χ0v) is 8.78. The third kappa shape index (κ3) is 2.25. The molecule has 0 fully saturated rings. The molecular weight excluding hydrogens is 185 g/mol. The molecule has 1 nitrogen and oxygen atoms in total. The first kappa shape index (κ1) is 10.1. The van der Waals surface area contributed by atoms with E-state index < -0.39 is 0 Å². The second kappa shape index (κ2) is 4.33. The van der Waals surface area contributed by atoms with Gasteiger partial charge in [0.2, 0.25) is 0 Å². The van der Waals surface area contributed by atoms with E-state index in [0.29, 0.717) is 5.57 Å². The zero-order chi connectivity index (χ0) is 9.84. The normalized spacial score (nSPS) is 14.3. The smallest absolute Gasteiger partial charge is 0.107 e. The molecule has 1 aromatic rings. The maximum absolute atomic E-state index is 13.2. The molecule has 0 atom stereocenters. The molecule has 0 bridgehead atoms. The predicted molar refractivity (Wildman–Crippen MR) is 57.1 cm³/mol. The maximum atomic E-state index is 13.2. The van der Waals surface area contributed by atoms with Crippen LogP contribution < -0.4 is 0 Å². The summed E-state index contributed by atoms with van der Waals surface area (Å²) < 4.78 is 13.2. The summed E-state index contributed by atoms with van der Waals surface area (Å²) in [4.78, 5) is 4.92. The summed E-state index contributed by atoms with van der Waals surface area (Å²) in [7, 11) is 1.67. The first-order valence-electron chi connectivity index (χ1n) is 4.00. The summed E-state index contributed by atoms with van der Waals surface area (Å²) in [6.45, 7) is 3.28. The summed E-state index contributed by atoms with van der Waals surface area (Å²) in [6.07, 6.45) is 0. The number of thiophene rings is 1. The fraction of sp³-hybridized carbons (Fsp3) is 0.300. The minimum absolute atomic E-state index is 0.175. The van der Waals surface area contributed by atoms with E-state index in [4.69, 9.17) is 0 Å². The number of halogens is 1. The highest BCUT2D eigenvalue weighted by atomic mass is 32.1. The van der Waals surface area contributed by atoms with Crippen LogP contribution in [0.25, 0.3) is 5.57 Å². The van der Waals surface area contributed by atoms with Gasteiger partial charge in [-0.25, -0.2) is 4.39 Å². The van der Waals surface area contributed by atoms with Crippen molar-refractivity contribution >= 4 is 22.6 Å². The van der Waals surface area contributed by atoms with E-state index in [0.717, 1.165) is 10.6 Å². The summed E-state index contributed by atoms with van der Waals surface area (Å²) >= 11 is 1.52. The van der Waals surface area contributed by atoms with Gasteiger partial charge in [-0.1, -0.05) is 6.07 Å². The molecule has 0 aliphatic heterocycles. The Morgan fingerprint density at radius 1 is 1.46 bits per heavy atom. The molecule has 3 heteroatoms. The number of allylic oxidation sites excluding steroid dienone is 2. The van der Waals surface area contributed by atoms with Crippen molar-refractivity contribution in [3.05, 3.63) is 28.2 Å². The molecule has 0 aliphatic carbocycles. The average Bonchev–Trinajstić information content (AvgIpc) is 2.56.